The first-order valence-corrected chi connectivity index (χ1v) is 26.1. The Morgan fingerprint density at radius 3 is 2.36 bits per heavy atom. The number of carbonyl (C=O) groups excluding carboxylic acids is 2. The van der Waals surface area contributed by atoms with Gasteiger partial charge in [-0.3, -0.25) is 9.59 Å². The molecule has 7 aliphatic rings. The van der Waals surface area contributed by atoms with Crippen molar-refractivity contribution in [1.29, 1.82) is 0 Å². The number of benzene rings is 1. The zero-order valence-electron chi connectivity index (χ0n) is 41.8. The summed E-state index contributed by atoms with van der Waals surface area (Å²) in [4.78, 5) is 27.2. The van der Waals surface area contributed by atoms with E-state index < -0.39 is 66.6 Å². The smallest absolute Gasteiger partial charge is 0.313 e. The fraction of sp³-hybridized carbons (Fsp3) is 0.769. The predicted molar refractivity (Wildman–Crippen MR) is 257 cm³/mol. The summed E-state index contributed by atoms with van der Waals surface area (Å²) in [6.45, 7) is 17.4. The molecular formula is C52H74Cl2N4O12. The molecule has 388 valence electrons. The Labute approximate surface area is 421 Å². The van der Waals surface area contributed by atoms with Gasteiger partial charge in [0, 0.05) is 11.9 Å². The number of fused-ring (bicyclic) bond motifs is 7. The van der Waals surface area contributed by atoms with E-state index in [1.54, 1.807) is 29.1 Å². The molecule has 2 saturated heterocycles. The Bertz CT molecular complexity index is 2330. The van der Waals surface area contributed by atoms with Gasteiger partial charge in [0.25, 0.3) is 0 Å². The maximum absolute atomic E-state index is 14.7. The second kappa shape index (κ2) is 18.9. The van der Waals surface area contributed by atoms with E-state index in [0.717, 1.165) is 57.8 Å². The number of amides is 1. The second-order valence-electron chi connectivity index (χ2n) is 24.0. The molecule has 5 aliphatic carbocycles. The number of ether oxygens (including phenoxy) is 5. The number of nitrogens with one attached hydrogen (secondary N) is 1. The highest BCUT2D eigenvalue weighted by molar-refractivity contribution is 6.35. The summed E-state index contributed by atoms with van der Waals surface area (Å²) in [6, 6.07) is 4.07. The van der Waals surface area contributed by atoms with Crippen molar-refractivity contribution in [3.05, 3.63) is 51.8 Å². The van der Waals surface area contributed by atoms with Crippen LogP contribution in [0.15, 0.2) is 36.0 Å². The number of carbonyl (C=O) groups is 2. The van der Waals surface area contributed by atoms with Crippen LogP contribution < -0.4 is 5.32 Å². The van der Waals surface area contributed by atoms with Gasteiger partial charge in [0.1, 0.15) is 55.0 Å². The molecule has 2 aromatic rings. The first kappa shape index (κ1) is 52.1. The third-order valence-electron chi connectivity index (χ3n) is 19.3. The molecule has 3 heterocycles. The van der Waals surface area contributed by atoms with Gasteiger partial charge >= 0.3 is 5.97 Å². The topological polar surface area (TPSA) is 224 Å². The molecule has 6 fully saturated rings. The third kappa shape index (κ3) is 8.77. The van der Waals surface area contributed by atoms with Gasteiger partial charge in [-0.2, -0.15) is 0 Å². The van der Waals surface area contributed by atoms with E-state index in [0.29, 0.717) is 33.8 Å². The minimum Gasteiger partial charge on any atom is -0.459 e. The van der Waals surface area contributed by atoms with Crippen LogP contribution in [0.1, 0.15) is 125 Å². The Balaban J connectivity index is 0.926. The lowest BCUT2D eigenvalue weighted by Crippen LogP contribution is -2.67. The lowest BCUT2D eigenvalue weighted by molar-refractivity contribution is -0.322. The number of aliphatic hydroxyl groups is 5. The Morgan fingerprint density at radius 2 is 1.63 bits per heavy atom. The van der Waals surface area contributed by atoms with Crippen LogP contribution in [-0.2, 0) is 39.9 Å². The average Bonchev–Trinajstić information content (AvgIpc) is 3.76. The van der Waals surface area contributed by atoms with Crippen LogP contribution in [0.3, 0.4) is 0 Å². The van der Waals surface area contributed by atoms with Gasteiger partial charge in [0.05, 0.1) is 41.6 Å². The lowest BCUT2D eigenvalue weighted by Gasteiger charge is -2.71. The molecule has 0 radical (unpaired) electrons. The summed E-state index contributed by atoms with van der Waals surface area (Å²) < 4.78 is 32.2. The van der Waals surface area contributed by atoms with Crippen molar-refractivity contribution in [2.24, 2.45) is 50.2 Å². The van der Waals surface area contributed by atoms with E-state index >= 15 is 0 Å². The van der Waals surface area contributed by atoms with Crippen LogP contribution in [0.2, 0.25) is 10.0 Å². The van der Waals surface area contributed by atoms with E-state index in [1.165, 1.54) is 12.5 Å². The van der Waals surface area contributed by atoms with Gasteiger partial charge < -0.3 is 54.5 Å². The van der Waals surface area contributed by atoms with Crippen LogP contribution in [0, 0.1) is 50.2 Å². The Kier molecular flexibility index (Phi) is 14.1. The van der Waals surface area contributed by atoms with Crippen molar-refractivity contribution >= 4 is 35.1 Å². The Hall–Kier alpha value is -2.74. The highest BCUT2D eigenvalue weighted by Crippen LogP contribution is 2.76. The predicted octanol–water partition coefficient (Wildman–Crippen LogP) is 6.21. The lowest BCUT2D eigenvalue weighted by atomic mass is 9.33. The minimum absolute atomic E-state index is 0.00954. The molecule has 16 nitrogen and oxygen atoms in total. The maximum atomic E-state index is 14.7. The van der Waals surface area contributed by atoms with Gasteiger partial charge in [-0.25, -0.2) is 4.68 Å². The number of rotatable bonds is 10. The van der Waals surface area contributed by atoms with E-state index in [4.69, 9.17) is 46.9 Å². The summed E-state index contributed by atoms with van der Waals surface area (Å²) in [5.74, 6) is 0.0725. The van der Waals surface area contributed by atoms with E-state index in [2.05, 4.69) is 70.2 Å². The first-order valence-electron chi connectivity index (χ1n) is 25.3. The van der Waals surface area contributed by atoms with Gasteiger partial charge in [0.2, 0.25) is 5.91 Å². The van der Waals surface area contributed by atoms with Gasteiger partial charge in [0.15, 0.2) is 12.6 Å². The first-order chi connectivity index (χ1) is 32.8. The van der Waals surface area contributed by atoms with E-state index in [1.807, 2.05) is 0 Å². The number of halogens is 2. The monoisotopic (exact) mass is 1020 g/mol. The van der Waals surface area contributed by atoms with Crippen molar-refractivity contribution in [2.75, 3.05) is 13.2 Å². The van der Waals surface area contributed by atoms with Crippen LogP contribution in [0.25, 0.3) is 5.69 Å². The molecule has 17 atom stereocenters. The molecule has 1 aromatic carbocycles. The zero-order chi connectivity index (χ0) is 50.5. The van der Waals surface area contributed by atoms with Crippen molar-refractivity contribution in [1.82, 2.24) is 20.3 Å². The molecule has 4 saturated carbocycles. The maximum Gasteiger partial charge on any atom is 0.313 e. The molecule has 0 unspecified atom stereocenters. The largest absolute Gasteiger partial charge is 0.459 e. The van der Waals surface area contributed by atoms with Crippen LogP contribution in [-0.4, -0.2) is 127 Å². The van der Waals surface area contributed by atoms with Crippen molar-refractivity contribution in [2.45, 2.75) is 188 Å². The highest BCUT2D eigenvalue weighted by Gasteiger charge is 2.70. The van der Waals surface area contributed by atoms with Crippen LogP contribution in [0.4, 0.5) is 0 Å². The summed E-state index contributed by atoms with van der Waals surface area (Å²) in [6.07, 6.45) is 1.72. The average molecular weight is 1020 g/mol. The summed E-state index contributed by atoms with van der Waals surface area (Å²) in [5, 5.41) is 65.5. The number of aliphatic hydroxyl groups excluding tert-OH is 5. The zero-order valence-corrected chi connectivity index (χ0v) is 43.3. The van der Waals surface area contributed by atoms with Crippen LogP contribution in [0.5, 0.6) is 0 Å². The fourth-order valence-corrected chi connectivity index (χ4v) is 15.6. The van der Waals surface area contributed by atoms with Crippen LogP contribution >= 0.6 is 23.2 Å². The molecular weight excluding hydrogens is 943 g/mol. The third-order valence-corrected chi connectivity index (χ3v) is 19.8. The minimum atomic E-state index is -1.55. The molecule has 70 heavy (non-hydrogen) atoms. The van der Waals surface area contributed by atoms with Gasteiger partial charge in [-0.15, -0.1) is 5.10 Å². The second-order valence-corrected chi connectivity index (χ2v) is 24.9. The summed E-state index contributed by atoms with van der Waals surface area (Å²) in [7, 11) is 0. The number of allylic oxidation sites excluding steroid dienone is 2. The molecule has 6 N–H and O–H groups in total. The number of esters is 1. The number of hydrogen-bond donors (Lipinski definition) is 6. The number of nitrogens with zero attached hydrogens (tertiary/aromatic N) is 3. The van der Waals surface area contributed by atoms with E-state index in [9.17, 15) is 35.1 Å². The number of hydrogen-bond acceptors (Lipinski definition) is 14. The quantitative estimate of drug-likeness (QED) is 0.0885. The molecule has 1 amide bonds. The number of aromatic nitrogens is 3. The van der Waals surface area contributed by atoms with Crippen molar-refractivity contribution in [3.63, 3.8) is 0 Å². The van der Waals surface area contributed by atoms with Gasteiger partial charge in [-0.05, 0) is 127 Å². The highest BCUT2D eigenvalue weighted by atomic mass is 35.5. The van der Waals surface area contributed by atoms with Gasteiger partial charge in [-0.1, -0.05) is 88.5 Å². The Morgan fingerprint density at radius 1 is 0.886 bits per heavy atom. The molecule has 0 spiro atoms. The summed E-state index contributed by atoms with van der Waals surface area (Å²) in [5.41, 5.74) is 1.37. The fourth-order valence-electron chi connectivity index (χ4n) is 15.1. The standard InChI is InChI=1S/C52H74Cl2N4O12/c1-27(59)55-39-42(63)41(62)35(26-67-45-43(64)40(61)34(60)25-66-45)69-44(39)70-38-14-15-49(6)36(48(38,4)5)13-16-51(8)37(49)12-10-30-31-22-47(2,3)17-19-52(31,20-18-50(30,51)7)46(65)68-24-29-23-58(57-56-29)33-11-9-28(53)21-32(33)54/h9-11,21,23,31,34-45,60-64H,12-20,22,24-26H2,1-8H3,(H,55,59)/t31-,34-,35+,36-,37+,38-,39+,40-,41+,42+,43-,44-,45-,49-,50+,51+,52-/m0/s1. The molecule has 18 heteroatoms. The molecule has 1 aromatic heterocycles. The van der Waals surface area contributed by atoms with Crippen molar-refractivity contribution in [3.8, 4) is 5.69 Å². The van der Waals surface area contributed by atoms with E-state index in [-0.39, 0.29) is 70.8 Å². The molecule has 9 rings (SSSR count). The molecule has 0 bridgehead atoms. The molecule has 2 aliphatic heterocycles. The summed E-state index contributed by atoms with van der Waals surface area (Å²) >= 11 is 12.6. The SMILES string of the molecule is CC(=O)N[C@H]1[C@H](O[C@H]2CC[C@]3(C)[C@H]4CC=C5[C@@H]6CC(C)(C)CC[C@]6(C(=O)OCc6cn(-c7ccc(Cl)cc7Cl)nn6)CC[C@@]5(C)[C@]4(C)CC[C@H]3C2(C)C)O[C@H](CO[C@@H]2OC[C@H](O)[C@H](O)[C@@H]2O)[C@@H](O)[C@@H]1O. The van der Waals surface area contributed by atoms with Crippen molar-refractivity contribution < 1.29 is 58.8 Å². The normalized spacial score (nSPS) is 43.1.